The summed E-state index contributed by atoms with van der Waals surface area (Å²) in [7, 11) is 1.38. The van der Waals surface area contributed by atoms with E-state index in [9.17, 15) is 30.3 Å². The number of hydrogen-bond donors (Lipinski definition) is 5. The van der Waals surface area contributed by atoms with Gasteiger partial charge in [-0.15, -0.1) is 0 Å². The van der Waals surface area contributed by atoms with E-state index in [1.807, 2.05) is 0 Å². The highest BCUT2D eigenvalue weighted by Gasteiger charge is 2.45. The fourth-order valence-electron chi connectivity index (χ4n) is 3.80. The van der Waals surface area contributed by atoms with Gasteiger partial charge in [0.05, 0.1) is 20.1 Å². The van der Waals surface area contributed by atoms with Crippen LogP contribution in [0.1, 0.15) is 28.4 Å². The van der Waals surface area contributed by atoms with E-state index in [-0.39, 0.29) is 40.8 Å². The van der Waals surface area contributed by atoms with Gasteiger partial charge in [0.15, 0.2) is 5.78 Å². The summed E-state index contributed by atoms with van der Waals surface area (Å²) >= 11 is 0. The summed E-state index contributed by atoms with van der Waals surface area (Å²) in [5, 5.41) is 49.0. The van der Waals surface area contributed by atoms with Crippen molar-refractivity contribution in [2.24, 2.45) is 0 Å². The second-order valence-electron chi connectivity index (χ2n) is 7.64. The molecule has 1 unspecified atom stereocenters. The van der Waals surface area contributed by atoms with Crippen LogP contribution in [0.2, 0.25) is 0 Å². The lowest BCUT2D eigenvalue weighted by Gasteiger charge is -2.39. The average molecular weight is 448 g/mol. The van der Waals surface area contributed by atoms with Crippen LogP contribution in [-0.2, 0) is 4.74 Å². The maximum atomic E-state index is 12.8. The lowest BCUT2D eigenvalue weighted by Crippen LogP contribution is -2.60. The van der Waals surface area contributed by atoms with Gasteiger partial charge in [-0.25, -0.2) is 0 Å². The highest BCUT2D eigenvalue weighted by Crippen LogP contribution is 2.43. The third-order valence-corrected chi connectivity index (χ3v) is 5.54. The molecule has 1 fully saturated rings. The molecule has 172 valence electrons. The van der Waals surface area contributed by atoms with E-state index in [0.717, 1.165) is 0 Å². The highest BCUT2D eigenvalue weighted by molar-refractivity contribution is 6.02. The minimum absolute atomic E-state index is 0.0705. The van der Waals surface area contributed by atoms with Crippen molar-refractivity contribution >= 4 is 5.78 Å². The Morgan fingerprint density at radius 2 is 1.78 bits per heavy atom. The second-order valence-corrected chi connectivity index (χ2v) is 7.64. The number of aliphatic hydroxyl groups excluding tert-OH is 4. The Balaban J connectivity index is 1.62. The van der Waals surface area contributed by atoms with Gasteiger partial charge in [0.2, 0.25) is 6.29 Å². The zero-order valence-electron chi connectivity index (χ0n) is 17.1. The largest absolute Gasteiger partial charge is 0.508 e. The van der Waals surface area contributed by atoms with Gasteiger partial charge in [0.25, 0.3) is 0 Å². The Hall–Kier alpha value is -2.89. The molecule has 0 aromatic heterocycles. The van der Waals surface area contributed by atoms with Gasteiger partial charge in [0.1, 0.15) is 59.1 Å². The maximum Gasteiger partial charge on any atom is 0.229 e. The lowest BCUT2D eigenvalue weighted by atomic mass is 9.95. The van der Waals surface area contributed by atoms with Crippen molar-refractivity contribution < 1.29 is 49.3 Å². The van der Waals surface area contributed by atoms with Crippen molar-refractivity contribution in [1.82, 2.24) is 0 Å². The van der Waals surface area contributed by atoms with Crippen molar-refractivity contribution in [3.05, 3.63) is 47.5 Å². The number of carbonyl (C=O) groups is 1. The molecule has 32 heavy (non-hydrogen) atoms. The van der Waals surface area contributed by atoms with Gasteiger partial charge in [-0.2, -0.15) is 0 Å². The number of methoxy groups -OCH3 is 1. The highest BCUT2D eigenvalue weighted by atomic mass is 16.7. The summed E-state index contributed by atoms with van der Waals surface area (Å²) in [6.07, 6.45) is -7.76. The third kappa shape index (κ3) is 4.10. The zero-order chi connectivity index (χ0) is 23.0. The molecular formula is C22H24O10. The molecule has 2 aromatic rings. The number of ketones is 1. The van der Waals surface area contributed by atoms with Crippen molar-refractivity contribution in [3.8, 4) is 23.0 Å². The molecule has 10 heteroatoms. The van der Waals surface area contributed by atoms with Crippen LogP contribution in [0, 0.1) is 0 Å². The molecule has 2 aromatic carbocycles. The van der Waals surface area contributed by atoms with Crippen molar-refractivity contribution in [3.63, 3.8) is 0 Å². The topological polar surface area (TPSA) is 155 Å². The number of benzene rings is 2. The SMILES string of the molecule is COc1cc(O[C@@H]2O[C@H](CO)[C@@H](O)[C@H](O)[C@H]2O)cc2c1C(=O)CC(c1ccc(O)cc1)O2. The van der Waals surface area contributed by atoms with Crippen LogP contribution in [0.25, 0.3) is 0 Å². The Morgan fingerprint density at radius 3 is 2.44 bits per heavy atom. The minimum Gasteiger partial charge on any atom is -0.508 e. The first-order chi connectivity index (χ1) is 15.3. The summed E-state index contributed by atoms with van der Waals surface area (Å²) in [5.41, 5.74) is 0.935. The van der Waals surface area contributed by atoms with E-state index in [1.165, 1.54) is 31.4 Å². The first-order valence-corrected chi connectivity index (χ1v) is 10.0. The number of hydrogen-bond acceptors (Lipinski definition) is 10. The Bertz CT molecular complexity index is 973. The van der Waals surface area contributed by atoms with Gasteiger partial charge >= 0.3 is 0 Å². The van der Waals surface area contributed by atoms with Crippen molar-refractivity contribution in [2.75, 3.05) is 13.7 Å². The van der Waals surface area contributed by atoms with E-state index in [2.05, 4.69) is 0 Å². The second kappa shape index (κ2) is 8.93. The number of aliphatic hydroxyl groups is 4. The molecule has 2 aliphatic heterocycles. The van der Waals surface area contributed by atoms with Crippen LogP contribution in [0.5, 0.6) is 23.0 Å². The Morgan fingerprint density at radius 1 is 1.06 bits per heavy atom. The molecule has 10 nitrogen and oxygen atoms in total. The lowest BCUT2D eigenvalue weighted by molar-refractivity contribution is -0.277. The summed E-state index contributed by atoms with van der Waals surface area (Å²) in [6.45, 7) is -0.593. The van der Waals surface area contributed by atoms with Crippen molar-refractivity contribution in [1.29, 1.82) is 0 Å². The van der Waals surface area contributed by atoms with Crippen LogP contribution >= 0.6 is 0 Å². The van der Waals surface area contributed by atoms with E-state index in [4.69, 9.17) is 18.9 Å². The number of rotatable bonds is 5. The summed E-state index contributed by atoms with van der Waals surface area (Å²) < 4.78 is 22.4. The molecule has 4 rings (SSSR count). The number of aromatic hydroxyl groups is 1. The summed E-state index contributed by atoms with van der Waals surface area (Å²) in [5.74, 6) is 0.382. The molecule has 0 aliphatic carbocycles. The predicted molar refractivity (Wildman–Crippen MR) is 108 cm³/mol. The average Bonchev–Trinajstić information content (AvgIpc) is 2.79. The Kier molecular flexibility index (Phi) is 6.22. The quantitative estimate of drug-likeness (QED) is 0.431. The van der Waals surface area contributed by atoms with E-state index in [0.29, 0.717) is 5.56 Å². The molecule has 6 atom stereocenters. The molecule has 0 spiro atoms. The van der Waals surface area contributed by atoms with E-state index >= 15 is 0 Å². The number of fused-ring (bicyclic) bond motifs is 1. The smallest absolute Gasteiger partial charge is 0.229 e. The van der Waals surface area contributed by atoms with Crippen molar-refractivity contribution in [2.45, 2.75) is 43.2 Å². The number of phenols is 1. The molecule has 2 aliphatic rings. The molecular weight excluding hydrogens is 424 g/mol. The molecule has 5 N–H and O–H groups in total. The monoisotopic (exact) mass is 448 g/mol. The van der Waals surface area contributed by atoms with Crippen LogP contribution in [0.3, 0.4) is 0 Å². The molecule has 1 saturated heterocycles. The first-order valence-electron chi connectivity index (χ1n) is 10.0. The molecule has 2 heterocycles. The Labute approximate surface area is 183 Å². The van der Waals surface area contributed by atoms with Gasteiger partial charge in [-0.1, -0.05) is 12.1 Å². The normalized spacial score (nSPS) is 29.7. The number of ether oxygens (including phenoxy) is 4. The van der Waals surface area contributed by atoms with Crippen LogP contribution < -0.4 is 14.2 Å². The molecule has 0 amide bonds. The predicted octanol–water partition coefficient (Wildman–Crippen LogP) is 0.286. The van der Waals surface area contributed by atoms with E-state index in [1.54, 1.807) is 12.1 Å². The summed E-state index contributed by atoms with van der Waals surface area (Å²) in [4.78, 5) is 12.8. The standard InChI is InChI=1S/C22H24O10/c1-29-15-6-12(30-22-21(28)20(27)19(26)17(9-23)32-22)7-16-18(15)13(25)8-14(31-16)10-2-4-11(24)5-3-10/h2-7,14,17,19-24,26-28H,8-9H2,1H3/t14?,17-,19-,20+,21-,22-/m1/s1. The molecule has 0 radical (unpaired) electrons. The molecule has 0 bridgehead atoms. The van der Waals surface area contributed by atoms with Crippen LogP contribution in [0.4, 0.5) is 0 Å². The number of carbonyl (C=O) groups excluding carboxylic acids is 1. The zero-order valence-corrected chi connectivity index (χ0v) is 17.1. The molecule has 0 saturated carbocycles. The van der Waals surface area contributed by atoms with Crippen LogP contribution in [-0.4, -0.2) is 75.7 Å². The fraction of sp³-hybridized carbons (Fsp3) is 0.409. The number of Topliss-reactive ketones (excluding diaryl/α,β-unsaturated/α-hetero) is 1. The van der Waals surface area contributed by atoms with Gasteiger partial charge in [-0.3, -0.25) is 4.79 Å². The van der Waals surface area contributed by atoms with Gasteiger partial charge < -0.3 is 44.5 Å². The van der Waals surface area contributed by atoms with Gasteiger partial charge in [-0.05, 0) is 17.7 Å². The maximum absolute atomic E-state index is 12.8. The van der Waals surface area contributed by atoms with E-state index < -0.39 is 43.4 Å². The third-order valence-electron chi connectivity index (χ3n) is 5.54. The minimum atomic E-state index is -1.60. The van der Waals surface area contributed by atoms with Crippen LogP contribution in [0.15, 0.2) is 36.4 Å². The number of phenolic OH excluding ortho intramolecular Hbond substituents is 1. The van der Waals surface area contributed by atoms with Gasteiger partial charge in [0, 0.05) is 12.1 Å². The first kappa shape index (κ1) is 22.3. The fourth-order valence-corrected chi connectivity index (χ4v) is 3.80. The summed E-state index contributed by atoms with van der Waals surface area (Å²) in [6, 6.07) is 9.16.